The topological polar surface area (TPSA) is 36.7 Å². The molecule has 4 heteroatoms. The largest absolute Gasteiger partial charge is 0.464 e. The minimum Gasteiger partial charge on any atom is -0.464 e. The molecule has 1 aliphatic heterocycles. The molecule has 1 aliphatic carbocycles. The van der Waals surface area contributed by atoms with E-state index in [9.17, 15) is 4.79 Å². The van der Waals surface area contributed by atoms with Crippen molar-refractivity contribution in [1.29, 1.82) is 0 Å². The highest BCUT2D eigenvalue weighted by Gasteiger charge is 2.27. The van der Waals surface area contributed by atoms with E-state index in [1.165, 1.54) is 17.5 Å². The SMILES string of the molecule is CC(C)N1CCC(N(C)C(=O)Cc2coc3cc4c(cc23)CCC4)CC1. The lowest BCUT2D eigenvalue weighted by molar-refractivity contribution is -0.132. The van der Waals surface area contributed by atoms with Crippen LogP contribution in [0.5, 0.6) is 0 Å². The van der Waals surface area contributed by atoms with E-state index in [1.807, 2.05) is 11.9 Å². The Morgan fingerprint density at radius 2 is 1.92 bits per heavy atom. The number of likely N-dealkylation sites (tertiary alicyclic amines) is 1. The Bertz CT molecular complexity index is 800. The van der Waals surface area contributed by atoms with Crippen LogP contribution in [-0.2, 0) is 24.1 Å². The lowest BCUT2D eigenvalue weighted by Crippen LogP contribution is -2.47. The number of likely N-dealkylation sites (N-methyl/N-ethyl adjacent to an activating group) is 1. The van der Waals surface area contributed by atoms with E-state index >= 15 is 0 Å². The van der Waals surface area contributed by atoms with Crippen LogP contribution in [0.1, 0.15) is 49.8 Å². The third kappa shape index (κ3) is 3.27. The van der Waals surface area contributed by atoms with Crippen LogP contribution in [0.25, 0.3) is 11.0 Å². The van der Waals surface area contributed by atoms with Gasteiger partial charge in [-0.2, -0.15) is 0 Å². The van der Waals surface area contributed by atoms with Crippen LogP contribution in [0.15, 0.2) is 22.8 Å². The number of amides is 1. The van der Waals surface area contributed by atoms with Gasteiger partial charge in [-0.15, -0.1) is 0 Å². The van der Waals surface area contributed by atoms with Crippen molar-refractivity contribution >= 4 is 16.9 Å². The number of aryl methyl sites for hydroxylation is 2. The first-order valence-electron chi connectivity index (χ1n) is 10.0. The zero-order valence-corrected chi connectivity index (χ0v) is 16.3. The number of piperidine rings is 1. The molecule has 4 rings (SSSR count). The molecule has 0 spiro atoms. The van der Waals surface area contributed by atoms with Crippen LogP contribution < -0.4 is 0 Å². The second-order valence-corrected chi connectivity index (χ2v) is 8.27. The van der Waals surface area contributed by atoms with Crippen molar-refractivity contribution in [2.45, 2.75) is 64.5 Å². The van der Waals surface area contributed by atoms with E-state index in [2.05, 4.69) is 30.9 Å². The van der Waals surface area contributed by atoms with Gasteiger partial charge in [0, 0.05) is 43.2 Å². The third-order valence-electron chi connectivity index (χ3n) is 6.38. The summed E-state index contributed by atoms with van der Waals surface area (Å²) < 4.78 is 5.76. The fourth-order valence-corrected chi connectivity index (χ4v) is 4.57. The highest BCUT2D eigenvalue weighted by atomic mass is 16.3. The predicted octanol–water partition coefficient (Wildman–Crippen LogP) is 3.80. The van der Waals surface area contributed by atoms with Gasteiger partial charge in [0.15, 0.2) is 0 Å². The van der Waals surface area contributed by atoms with Crippen LogP contribution in [-0.4, -0.2) is 47.9 Å². The average molecular weight is 354 g/mol. The van der Waals surface area contributed by atoms with Crippen LogP contribution in [0.3, 0.4) is 0 Å². The molecular formula is C22H30N2O2. The summed E-state index contributed by atoms with van der Waals surface area (Å²) in [6, 6.07) is 5.39. The van der Waals surface area contributed by atoms with Gasteiger partial charge in [0.05, 0.1) is 12.7 Å². The van der Waals surface area contributed by atoms with Crippen molar-refractivity contribution in [2.75, 3.05) is 20.1 Å². The van der Waals surface area contributed by atoms with Crippen LogP contribution in [0, 0.1) is 0 Å². The van der Waals surface area contributed by atoms with E-state index < -0.39 is 0 Å². The monoisotopic (exact) mass is 354 g/mol. The Hall–Kier alpha value is -1.81. The van der Waals surface area contributed by atoms with Crippen LogP contribution in [0.2, 0.25) is 0 Å². The molecule has 0 radical (unpaired) electrons. The van der Waals surface area contributed by atoms with Gasteiger partial charge in [0.1, 0.15) is 5.58 Å². The lowest BCUT2D eigenvalue weighted by atomic mass is 10.0. The fraction of sp³-hybridized carbons (Fsp3) is 0.591. The summed E-state index contributed by atoms with van der Waals surface area (Å²) in [5.41, 5.74) is 4.81. The number of hydrogen-bond acceptors (Lipinski definition) is 3. The summed E-state index contributed by atoms with van der Waals surface area (Å²) in [5, 5.41) is 1.13. The quantitative estimate of drug-likeness (QED) is 0.838. The first-order valence-corrected chi connectivity index (χ1v) is 10.0. The number of benzene rings is 1. The Morgan fingerprint density at radius 1 is 1.23 bits per heavy atom. The second kappa shape index (κ2) is 7.07. The second-order valence-electron chi connectivity index (χ2n) is 8.27. The van der Waals surface area contributed by atoms with E-state index in [1.54, 1.807) is 6.26 Å². The van der Waals surface area contributed by atoms with Crippen LogP contribution in [0.4, 0.5) is 0 Å². The number of nitrogens with zero attached hydrogens (tertiary/aromatic N) is 2. The molecule has 140 valence electrons. The zero-order valence-electron chi connectivity index (χ0n) is 16.3. The molecule has 0 atom stereocenters. The molecule has 1 amide bonds. The van der Waals surface area contributed by atoms with Crippen molar-refractivity contribution in [3.8, 4) is 0 Å². The number of carbonyl (C=O) groups is 1. The summed E-state index contributed by atoms with van der Waals surface area (Å²) in [6.07, 6.45) is 7.89. The molecule has 2 heterocycles. The number of fused-ring (bicyclic) bond motifs is 2. The van der Waals surface area contributed by atoms with Gasteiger partial charge in [-0.3, -0.25) is 4.79 Å². The molecule has 0 N–H and O–H groups in total. The van der Waals surface area contributed by atoms with Crippen molar-refractivity contribution in [3.05, 3.63) is 35.1 Å². The van der Waals surface area contributed by atoms with E-state index in [0.717, 1.165) is 55.3 Å². The van der Waals surface area contributed by atoms with Crippen molar-refractivity contribution in [2.24, 2.45) is 0 Å². The first-order chi connectivity index (χ1) is 12.5. The van der Waals surface area contributed by atoms with Gasteiger partial charge < -0.3 is 14.2 Å². The number of rotatable bonds is 4. The maximum Gasteiger partial charge on any atom is 0.227 e. The Labute approximate surface area is 156 Å². The minimum absolute atomic E-state index is 0.205. The van der Waals surface area contributed by atoms with Gasteiger partial charge >= 0.3 is 0 Å². The standard InChI is InChI=1S/C22H30N2O2/c1-15(2)24-9-7-19(8-10-24)23(3)22(25)13-18-14-26-21-12-17-6-4-5-16(17)11-20(18)21/h11-12,14-15,19H,4-10,13H2,1-3H3. The third-order valence-corrected chi connectivity index (χ3v) is 6.38. The maximum atomic E-state index is 12.9. The summed E-state index contributed by atoms with van der Waals surface area (Å²) in [5.74, 6) is 0.205. The highest BCUT2D eigenvalue weighted by molar-refractivity contribution is 5.88. The molecule has 1 saturated heterocycles. The fourth-order valence-electron chi connectivity index (χ4n) is 4.57. The molecule has 0 unspecified atom stereocenters. The maximum absolute atomic E-state index is 12.9. The molecular weight excluding hydrogens is 324 g/mol. The molecule has 2 aliphatic rings. The molecule has 0 saturated carbocycles. The van der Waals surface area contributed by atoms with Gasteiger partial charge in [-0.25, -0.2) is 0 Å². The Kier molecular flexibility index (Phi) is 4.78. The first kappa shape index (κ1) is 17.6. The average Bonchev–Trinajstić information content (AvgIpc) is 3.25. The van der Waals surface area contributed by atoms with Crippen molar-refractivity contribution in [3.63, 3.8) is 0 Å². The molecule has 1 fully saturated rings. The van der Waals surface area contributed by atoms with E-state index in [-0.39, 0.29) is 5.91 Å². The van der Waals surface area contributed by atoms with Gasteiger partial charge in [0.2, 0.25) is 5.91 Å². The molecule has 26 heavy (non-hydrogen) atoms. The molecule has 1 aromatic carbocycles. The summed E-state index contributed by atoms with van der Waals surface area (Å²) in [6.45, 7) is 6.66. The normalized spacial score (nSPS) is 18.6. The molecule has 2 aromatic rings. The van der Waals surface area contributed by atoms with E-state index in [0.29, 0.717) is 18.5 Å². The van der Waals surface area contributed by atoms with Gasteiger partial charge in [-0.05, 0) is 69.2 Å². The summed E-state index contributed by atoms with van der Waals surface area (Å²) >= 11 is 0. The summed E-state index contributed by atoms with van der Waals surface area (Å²) in [4.78, 5) is 17.3. The Morgan fingerprint density at radius 3 is 2.62 bits per heavy atom. The molecule has 1 aromatic heterocycles. The summed E-state index contributed by atoms with van der Waals surface area (Å²) in [7, 11) is 1.97. The van der Waals surface area contributed by atoms with Gasteiger partial charge in [-0.1, -0.05) is 0 Å². The number of furan rings is 1. The minimum atomic E-state index is 0.205. The van der Waals surface area contributed by atoms with Gasteiger partial charge in [0.25, 0.3) is 0 Å². The predicted molar refractivity (Wildman–Crippen MR) is 104 cm³/mol. The lowest BCUT2D eigenvalue weighted by Gasteiger charge is -2.38. The van der Waals surface area contributed by atoms with E-state index in [4.69, 9.17) is 4.42 Å². The van der Waals surface area contributed by atoms with Crippen molar-refractivity contribution < 1.29 is 9.21 Å². The van der Waals surface area contributed by atoms with Crippen LogP contribution >= 0.6 is 0 Å². The molecule has 0 bridgehead atoms. The Balaban J connectivity index is 1.44. The molecule has 4 nitrogen and oxygen atoms in total. The van der Waals surface area contributed by atoms with Crippen molar-refractivity contribution in [1.82, 2.24) is 9.80 Å². The number of hydrogen-bond donors (Lipinski definition) is 0. The highest BCUT2D eigenvalue weighted by Crippen LogP contribution is 2.31. The smallest absolute Gasteiger partial charge is 0.227 e. The zero-order chi connectivity index (χ0) is 18.3. The number of carbonyl (C=O) groups excluding carboxylic acids is 1.